The fraction of sp³-hybridized carbons (Fsp3) is 0.385. The summed E-state index contributed by atoms with van der Waals surface area (Å²) in [5, 5.41) is 11.4. The molecule has 1 saturated heterocycles. The maximum Gasteiger partial charge on any atom is 0.416 e. The molecule has 10 nitrogen and oxygen atoms in total. The zero-order chi connectivity index (χ0) is 28.9. The highest BCUT2D eigenvalue weighted by Gasteiger charge is 2.44. The first-order chi connectivity index (χ1) is 18.8. The molecule has 0 bridgehead atoms. The number of aliphatic hydroxyl groups excluding tert-OH is 1. The summed E-state index contributed by atoms with van der Waals surface area (Å²) in [5.41, 5.74) is -0.300. The largest absolute Gasteiger partial charge is 0.416 e. The Morgan fingerprint density at radius 3 is 2.58 bits per heavy atom. The first kappa shape index (κ1) is 27.5. The van der Waals surface area contributed by atoms with Crippen LogP contribution in [0.4, 0.5) is 28.2 Å². The SMILES string of the molecule is Cc1cc(C(F)(F)F)cc(N2C(=O)N(C[C@H](O)CN(C)C)C[C@H]2c2nc(F)cn2-c2ccc3ccn(C)c3n2)n1. The van der Waals surface area contributed by atoms with Gasteiger partial charge in [-0.25, -0.2) is 19.7 Å². The standard InChI is InChI=1S/C26H28F4N8O2/c1-15-9-17(26(28,29)30)10-22(31-15)38-19(13-36(25(38)40)12-18(39)11-34(2)3)24-32-20(27)14-37(24)21-6-5-16-7-8-35(4)23(16)33-21/h5-10,14,18-19,39H,11-13H2,1-4H3/t18-,19+/m1/s1. The number of aromatic nitrogens is 5. The Balaban J connectivity index is 1.62. The average Bonchev–Trinajstić information content (AvgIpc) is 3.52. The topological polar surface area (TPSA) is 95.6 Å². The molecule has 0 saturated carbocycles. The summed E-state index contributed by atoms with van der Waals surface area (Å²) in [6.45, 7) is 1.47. The van der Waals surface area contributed by atoms with Gasteiger partial charge >= 0.3 is 12.2 Å². The van der Waals surface area contributed by atoms with E-state index in [2.05, 4.69) is 15.0 Å². The van der Waals surface area contributed by atoms with Crippen LogP contribution in [0.5, 0.6) is 0 Å². The Hall–Kier alpha value is -4.04. The lowest BCUT2D eigenvalue weighted by molar-refractivity contribution is -0.137. The number of urea groups is 1. The minimum atomic E-state index is -4.68. The molecular weight excluding hydrogens is 532 g/mol. The third-order valence-corrected chi connectivity index (χ3v) is 6.65. The second kappa shape index (κ2) is 10.2. The van der Waals surface area contributed by atoms with Crippen molar-refractivity contribution in [2.24, 2.45) is 7.05 Å². The third-order valence-electron chi connectivity index (χ3n) is 6.65. The minimum absolute atomic E-state index is 0.0489. The Kier molecular flexibility index (Phi) is 7.00. The van der Waals surface area contributed by atoms with Crippen molar-refractivity contribution in [3.63, 3.8) is 0 Å². The van der Waals surface area contributed by atoms with Crippen molar-refractivity contribution in [1.82, 2.24) is 33.9 Å². The van der Waals surface area contributed by atoms with Gasteiger partial charge in [-0.1, -0.05) is 0 Å². The molecule has 2 atom stereocenters. The van der Waals surface area contributed by atoms with E-state index in [1.54, 1.807) is 35.7 Å². The second-order valence-corrected chi connectivity index (χ2v) is 10.1. The predicted octanol–water partition coefficient (Wildman–Crippen LogP) is 3.53. The van der Waals surface area contributed by atoms with E-state index in [0.29, 0.717) is 11.5 Å². The van der Waals surface area contributed by atoms with E-state index < -0.39 is 35.9 Å². The molecule has 1 fully saturated rings. The Bertz CT molecular complexity index is 1560. The number of carbonyl (C=O) groups excluding carboxylic acids is 1. The van der Waals surface area contributed by atoms with Gasteiger partial charge in [0.05, 0.1) is 24.4 Å². The lowest BCUT2D eigenvalue weighted by Crippen LogP contribution is -2.40. The molecule has 5 rings (SSSR count). The number of pyridine rings is 2. The number of fused-ring (bicyclic) bond motifs is 1. The second-order valence-electron chi connectivity index (χ2n) is 10.1. The number of imidazole rings is 1. The molecule has 212 valence electrons. The number of halogens is 4. The van der Waals surface area contributed by atoms with Crippen molar-refractivity contribution in [3.05, 3.63) is 65.8 Å². The van der Waals surface area contributed by atoms with Crippen molar-refractivity contribution in [3.8, 4) is 5.82 Å². The molecule has 0 aromatic carbocycles. The van der Waals surface area contributed by atoms with Crippen molar-refractivity contribution < 1.29 is 27.5 Å². The van der Waals surface area contributed by atoms with Gasteiger partial charge in [0.15, 0.2) is 0 Å². The molecule has 0 unspecified atom stereocenters. The van der Waals surface area contributed by atoms with Crippen molar-refractivity contribution >= 4 is 22.9 Å². The summed E-state index contributed by atoms with van der Waals surface area (Å²) in [4.78, 5) is 30.7. The quantitative estimate of drug-likeness (QED) is 0.348. The maximum absolute atomic E-state index is 14.7. The number of nitrogens with zero attached hydrogens (tertiary/aromatic N) is 8. The van der Waals surface area contributed by atoms with Crippen LogP contribution in [0.2, 0.25) is 0 Å². The van der Waals surface area contributed by atoms with Gasteiger partial charge in [0.25, 0.3) is 0 Å². The zero-order valence-electron chi connectivity index (χ0n) is 22.3. The summed E-state index contributed by atoms with van der Waals surface area (Å²) in [6, 6.07) is 5.29. The fourth-order valence-corrected chi connectivity index (χ4v) is 4.98. The summed E-state index contributed by atoms with van der Waals surface area (Å²) < 4.78 is 59.0. The van der Waals surface area contributed by atoms with Gasteiger partial charge in [0.2, 0.25) is 5.95 Å². The highest BCUT2D eigenvalue weighted by molar-refractivity contribution is 5.94. The van der Waals surface area contributed by atoms with E-state index in [1.807, 2.05) is 19.3 Å². The Labute approximate surface area is 227 Å². The van der Waals surface area contributed by atoms with E-state index >= 15 is 0 Å². The van der Waals surface area contributed by atoms with Crippen LogP contribution < -0.4 is 4.90 Å². The summed E-state index contributed by atoms with van der Waals surface area (Å²) in [7, 11) is 5.33. The molecular formula is C26H28F4N8O2. The van der Waals surface area contributed by atoms with Crippen molar-refractivity contribution in [1.29, 1.82) is 0 Å². The highest BCUT2D eigenvalue weighted by Crippen LogP contribution is 2.38. The van der Waals surface area contributed by atoms with Gasteiger partial charge in [-0.15, -0.1) is 0 Å². The van der Waals surface area contributed by atoms with Gasteiger partial charge in [-0.2, -0.15) is 17.6 Å². The smallest absolute Gasteiger partial charge is 0.390 e. The number of likely N-dealkylation sites (N-methyl/N-ethyl adjacent to an activating group) is 1. The number of β-amino-alcohol motifs (C(OH)–C–C–N with tert-alkyl or cyclic N) is 1. The Morgan fingerprint density at radius 2 is 1.88 bits per heavy atom. The number of aryl methyl sites for hydroxylation is 2. The molecule has 5 heterocycles. The Morgan fingerprint density at radius 1 is 1.12 bits per heavy atom. The van der Waals surface area contributed by atoms with Gasteiger partial charge in [0, 0.05) is 37.4 Å². The van der Waals surface area contributed by atoms with E-state index in [1.165, 1.54) is 16.4 Å². The number of carbonyl (C=O) groups is 1. The number of hydrogen-bond acceptors (Lipinski definition) is 6. The molecule has 4 aromatic rings. The molecule has 1 N–H and O–H groups in total. The monoisotopic (exact) mass is 560 g/mol. The van der Waals surface area contributed by atoms with Crippen molar-refractivity contribution in [2.75, 3.05) is 38.6 Å². The number of aliphatic hydroxyl groups is 1. The number of anilines is 1. The highest BCUT2D eigenvalue weighted by atomic mass is 19.4. The summed E-state index contributed by atoms with van der Waals surface area (Å²) in [6.07, 6.45) is -2.67. The third kappa shape index (κ3) is 5.23. The number of rotatable bonds is 7. The number of hydrogen-bond donors (Lipinski definition) is 1. The van der Waals surface area contributed by atoms with Crippen LogP contribution in [0.25, 0.3) is 16.9 Å². The molecule has 40 heavy (non-hydrogen) atoms. The fourth-order valence-electron chi connectivity index (χ4n) is 4.98. The van der Waals surface area contributed by atoms with Crippen LogP contribution >= 0.6 is 0 Å². The van der Waals surface area contributed by atoms with Gasteiger partial charge in [0.1, 0.15) is 29.1 Å². The normalized spacial score (nSPS) is 17.1. The van der Waals surface area contributed by atoms with E-state index in [9.17, 15) is 27.5 Å². The van der Waals surface area contributed by atoms with Crippen molar-refractivity contribution in [2.45, 2.75) is 25.2 Å². The molecule has 14 heteroatoms. The van der Waals surface area contributed by atoms with Crippen LogP contribution in [0.15, 0.2) is 42.7 Å². The molecule has 4 aromatic heterocycles. The lowest BCUT2D eigenvalue weighted by atomic mass is 10.2. The van der Waals surface area contributed by atoms with E-state index in [4.69, 9.17) is 0 Å². The van der Waals surface area contributed by atoms with Crippen LogP contribution in [-0.2, 0) is 13.2 Å². The van der Waals surface area contributed by atoms with Crippen LogP contribution in [0, 0.1) is 12.9 Å². The van der Waals surface area contributed by atoms with Crippen LogP contribution in [0.3, 0.4) is 0 Å². The lowest BCUT2D eigenvalue weighted by Gasteiger charge is -2.24. The zero-order valence-corrected chi connectivity index (χ0v) is 22.3. The van der Waals surface area contributed by atoms with Crippen LogP contribution in [-0.4, -0.2) is 84.9 Å². The molecule has 1 aliphatic rings. The maximum atomic E-state index is 14.7. The van der Waals surface area contributed by atoms with E-state index in [0.717, 1.165) is 28.6 Å². The predicted molar refractivity (Wildman–Crippen MR) is 139 cm³/mol. The van der Waals surface area contributed by atoms with Gasteiger partial charge < -0.3 is 19.5 Å². The minimum Gasteiger partial charge on any atom is -0.390 e. The molecule has 2 amide bonds. The summed E-state index contributed by atoms with van der Waals surface area (Å²) >= 11 is 0. The summed E-state index contributed by atoms with van der Waals surface area (Å²) in [5.74, 6) is -0.746. The molecule has 1 aliphatic heterocycles. The van der Waals surface area contributed by atoms with Gasteiger partial charge in [-0.3, -0.25) is 9.47 Å². The number of alkyl halides is 3. The average molecular weight is 561 g/mol. The molecule has 0 radical (unpaired) electrons. The van der Waals surface area contributed by atoms with E-state index in [-0.39, 0.29) is 37.0 Å². The first-order valence-electron chi connectivity index (χ1n) is 12.5. The molecule has 0 spiro atoms. The van der Waals surface area contributed by atoms with Crippen LogP contribution in [0.1, 0.15) is 23.1 Å². The first-order valence-corrected chi connectivity index (χ1v) is 12.5. The van der Waals surface area contributed by atoms with Gasteiger partial charge in [-0.05, 0) is 51.4 Å². The molecule has 0 aliphatic carbocycles. The number of amides is 2.